The number of carbonyl (C=O) groups is 1. The lowest BCUT2D eigenvalue weighted by Crippen LogP contribution is -2.27. The standard InChI is InChI=1S/C21H22N2O4S/c1-3-27-20(24)13-18(16-8-6-12-22-14-16)23-28(25)21-17-9-5-4-7-15(17)10-11-19(21)26-2/h4-12,14,18,23H,3,13H2,1-2H3/t18-,28-/m1/s1. The molecule has 0 bridgehead atoms. The van der Waals surface area contributed by atoms with Crippen LogP contribution < -0.4 is 9.46 Å². The van der Waals surface area contributed by atoms with E-state index in [0.717, 1.165) is 16.3 Å². The molecule has 1 aromatic heterocycles. The molecule has 0 saturated heterocycles. The number of esters is 1. The van der Waals surface area contributed by atoms with Crippen molar-refractivity contribution in [3.8, 4) is 5.75 Å². The average Bonchev–Trinajstić information content (AvgIpc) is 2.73. The number of pyridine rings is 1. The fraction of sp³-hybridized carbons (Fsp3) is 0.238. The Morgan fingerprint density at radius 3 is 2.71 bits per heavy atom. The van der Waals surface area contributed by atoms with Gasteiger partial charge >= 0.3 is 5.97 Å². The number of carbonyl (C=O) groups excluding carboxylic acids is 1. The highest BCUT2D eigenvalue weighted by molar-refractivity contribution is 7.83. The summed E-state index contributed by atoms with van der Waals surface area (Å²) in [6.45, 7) is 2.04. The highest BCUT2D eigenvalue weighted by Crippen LogP contribution is 2.31. The average molecular weight is 398 g/mol. The van der Waals surface area contributed by atoms with Gasteiger partial charge in [-0.2, -0.15) is 0 Å². The summed E-state index contributed by atoms with van der Waals surface area (Å²) in [5.41, 5.74) is 0.753. The van der Waals surface area contributed by atoms with Crippen LogP contribution >= 0.6 is 0 Å². The molecule has 146 valence electrons. The molecule has 0 aliphatic heterocycles. The van der Waals surface area contributed by atoms with E-state index in [1.807, 2.05) is 36.4 Å². The second-order valence-corrected chi connectivity index (χ2v) is 7.23. The van der Waals surface area contributed by atoms with E-state index in [9.17, 15) is 9.00 Å². The summed E-state index contributed by atoms with van der Waals surface area (Å²) in [6, 6.07) is 14.5. The third-order valence-electron chi connectivity index (χ3n) is 4.26. The first-order valence-corrected chi connectivity index (χ1v) is 10.1. The maximum atomic E-state index is 13.3. The maximum Gasteiger partial charge on any atom is 0.307 e. The summed E-state index contributed by atoms with van der Waals surface area (Å²) >= 11 is 0. The molecule has 2 aromatic carbocycles. The maximum absolute atomic E-state index is 13.3. The van der Waals surface area contributed by atoms with Gasteiger partial charge in [0.05, 0.1) is 26.2 Å². The van der Waals surface area contributed by atoms with Crippen LogP contribution in [0.25, 0.3) is 10.8 Å². The van der Waals surface area contributed by atoms with Gasteiger partial charge in [-0.25, -0.2) is 8.93 Å². The Labute approximate surface area is 166 Å². The second kappa shape index (κ2) is 9.43. The topological polar surface area (TPSA) is 77.5 Å². The van der Waals surface area contributed by atoms with Crippen LogP contribution in [-0.4, -0.2) is 28.9 Å². The number of hydrogen-bond donors (Lipinski definition) is 1. The van der Waals surface area contributed by atoms with Crippen molar-refractivity contribution in [2.24, 2.45) is 0 Å². The van der Waals surface area contributed by atoms with Crippen molar-refractivity contribution in [3.63, 3.8) is 0 Å². The number of hydrogen-bond acceptors (Lipinski definition) is 5. The summed E-state index contributed by atoms with van der Waals surface area (Å²) in [7, 11) is -0.0872. The van der Waals surface area contributed by atoms with Crippen LogP contribution in [-0.2, 0) is 20.5 Å². The Morgan fingerprint density at radius 1 is 1.18 bits per heavy atom. The Kier molecular flexibility index (Phi) is 6.73. The zero-order valence-corrected chi connectivity index (χ0v) is 16.6. The minimum atomic E-state index is -1.63. The number of nitrogens with zero attached hydrogens (tertiary/aromatic N) is 1. The molecule has 6 nitrogen and oxygen atoms in total. The molecular weight excluding hydrogens is 376 g/mol. The zero-order valence-electron chi connectivity index (χ0n) is 15.8. The molecule has 28 heavy (non-hydrogen) atoms. The van der Waals surface area contributed by atoms with Crippen LogP contribution in [0.15, 0.2) is 65.8 Å². The number of rotatable bonds is 8. The fourth-order valence-electron chi connectivity index (χ4n) is 2.96. The number of benzene rings is 2. The third kappa shape index (κ3) is 4.55. The first-order chi connectivity index (χ1) is 13.6. The van der Waals surface area contributed by atoms with E-state index in [1.54, 1.807) is 38.6 Å². The molecule has 1 heterocycles. The summed E-state index contributed by atoms with van der Waals surface area (Å²) in [5.74, 6) is 0.149. The van der Waals surface area contributed by atoms with Crippen molar-refractivity contribution in [3.05, 3.63) is 66.5 Å². The monoisotopic (exact) mass is 398 g/mol. The van der Waals surface area contributed by atoms with Crippen molar-refractivity contribution in [2.75, 3.05) is 13.7 Å². The summed E-state index contributed by atoms with van der Waals surface area (Å²) in [5, 5.41) is 1.78. The molecule has 0 fully saturated rings. The lowest BCUT2D eigenvalue weighted by molar-refractivity contribution is -0.143. The van der Waals surface area contributed by atoms with Crippen LogP contribution in [0.1, 0.15) is 24.9 Å². The molecule has 0 spiro atoms. The van der Waals surface area contributed by atoms with E-state index in [0.29, 0.717) is 17.3 Å². The molecule has 3 rings (SSSR count). The molecule has 2 atom stereocenters. The molecule has 0 aliphatic rings. The third-order valence-corrected chi connectivity index (χ3v) is 5.55. The Balaban J connectivity index is 1.96. The smallest absolute Gasteiger partial charge is 0.307 e. The Bertz CT molecular complexity index is 979. The zero-order chi connectivity index (χ0) is 19.9. The van der Waals surface area contributed by atoms with Gasteiger partial charge in [0.1, 0.15) is 21.6 Å². The first kappa shape index (κ1) is 20.0. The highest BCUT2D eigenvalue weighted by atomic mass is 32.2. The van der Waals surface area contributed by atoms with Gasteiger partial charge in [-0.1, -0.05) is 36.4 Å². The van der Waals surface area contributed by atoms with Crippen molar-refractivity contribution < 1.29 is 18.5 Å². The SMILES string of the molecule is CCOC(=O)C[C@@H](N[S@](=O)c1c(OC)ccc2ccccc12)c1cccnc1. The highest BCUT2D eigenvalue weighted by Gasteiger charge is 2.23. The van der Waals surface area contributed by atoms with Crippen molar-refractivity contribution in [2.45, 2.75) is 24.3 Å². The Morgan fingerprint density at radius 2 is 2.00 bits per heavy atom. The van der Waals surface area contributed by atoms with Gasteiger partial charge in [-0.3, -0.25) is 9.78 Å². The molecule has 1 N–H and O–H groups in total. The quantitative estimate of drug-likeness (QED) is 0.587. The lowest BCUT2D eigenvalue weighted by atomic mass is 10.1. The van der Waals surface area contributed by atoms with Crippen molar-refractivity contribution >= 4 is 27.7 Å². The van der Waals surface area contributed by atoms with Crippen LogP contribution in [0.5, 0.6) is 5.75 Å². The summed E-state index contributed by atoms with van der Waals surface area (Å²) in [4.78, 5) is 16.7. The van der Waals surface area contributed by atoms with Crippen LogP contribution in [0.4, 0.5) is 0 Å². The van der Waals surface area contributed by atoms with E-state index in [2.05, 4.69) is 9.71 Å². The van der Waals surface area contributed by atoms with E-state index in [1.165, 1.54) is 0 Å². The first-order valence-electron chi connectivity index (χ1n) is 8.93. The molecule has 0 saturated carbocycles. The predicted molar refractivity (Wildman–Crippen MR) is 108 cm³/mol. The molecule has 0 radical (unpaired) electrons. The van der Waals surface area contributed by atoms with E-state index < -0.39 is 17.0 Å². The largest absolute Gasteiger partial charge is 0.495 e. The van der Waals surface area contributed by atoms with Crippen LogP contribution in [0.3, 0.4) is 0 Å². The van der Waals surface area contributed by atoms with E-state index >= 15 is 0 Å². The normalized spacial score (nSPS) is 13.1. The molecular formula is C21H22N2O4S. The number of nitrogens with one attached hydrogen (secondary N) is 1. The van der Waals surface area contributed by atoms with Crippen molar-refractivity contribution in [1.29, 1.82) is 0 Å². The Hall–Kier alpha value is -2.77. The van der Waals surface area contributed by atoms with Gasteiger partial charge in [0, 0.05) is 17.8 Å². The van der Waals surface area contributed by atoms with E-state index in [4.69, 9.17) is 9.47 Å². The molecule has 0 amide bonds. The van der Waals surface area contributed by atoms with E-state index in [-0.39, 0.29) is 12.4 Å². The van der Waals surface area contributed by atoms with Crippen LogP contribution in [0, 0.1) is 0 Å². The number of aromatic nitrogens is 1. The number of fused-ring (bicyclic) bond motifs is 1. The van der Waals surface area contributed by atoms with Gasteiger partial charge in [0.2, 0.25) is 0 Å². The minimum Gasteiger partial charge on any atom is -0.495 e. The molecule has 0 aliphatic carbocycles. The predicted octanol–water partition coefficient (Wildman–Crippen LogP) is 3.55. The van der Waals surface area contributed by atoms with Crippen LogP contribution in [0.2, 0.25) is 0 Å². The van der Waals surface area contributed by atoms with Gasteiger partial charge < -0.3 is 9.47 Å². The van der Waals surface area contributed by atoms with Gasteiger partial charge in [0.25, 0.3) is 0 Å². The summed E-state index contributed by atoms with van der Waals surface area (Å²) in [6.07, 6.45) is 3.34. The number of methoxy groups -OCH3 is 1. The lowest BCUT2D eigenvalue weighted by Gasteiger charge is -2.19. The minimum absolute atomic E-state index is 0.0400. The second-order valence-electron chi connectivity index (χ2n) is 6.05. The summed E-state index contributed by atoms with van der Waals surface area (Å²) < 4.78 is 26.9. The molecule has 7 heteroatoms. The van der Waals surface area contributed by atoms with Gasteiger partial charge in [-0.05, 0) is 30.0 Å². The molecule has 3 aromatic rings. The van der Waals surface area contributed by atoms with Gasteiger partial charge in [0.15, 0.2) is 0 Å². The van der Waals surface area contributed by atoms with Crippen molar-refractivity contribution in [1.82, 2.24) is 9.71 Å². The fourth-order valence-corrected chi connectivity index (χ4v) is 4.27. The van der Waals surface area contributed by atoms with Gasteiger partial charge in [-0.15, -0.1) is 0 Å². The number of ether oxygens (including phenoxy) is 2. The molecule has 0 unspecified atom stereocenters.